The molecule has 1 amide bonds. The molecule has 1 rings (SSSR count). The van der Waals surface area contributed by atoms with Gasteiger partial charge in [0.15, 0.2) is 0 Å². The molecule has 1 aromatic carbocycles. The largest absolute Gasteiger partial charge is 0.354 e. The summed E-state index contributed by atoms with van der Waals surface area (Å²) < 4.78 is 0. The van der Waals surface area contributed by atoms with Crippen LogP contribution in [0.5, 0.6) is 0 Å². The molecule has 0 heterocycles. The van der Waals surface area contributed by atoms with Crippen LogP contribution in [0.3, 0.4) is 0 Å². The Hall–Kier alpha value is -1.35. The van der Waals surface area contributed by atoms with Crippen LogP contribution < -0.4 is 10.6 Å². The average Bonchev–Trinajstić information content (AvgIpc) is 2.34. The average molecular weight is 262 g/mol. The Morgan fingerprint density at radius 1 is 1.21 bits per heavy atom. The van der Waals surface area contributed by atoms with Crippen LogP contribution in [0.15, 0.2) is 18.2 Å². The summed E-state index contributed by atoms with van der Waals surface area (Å²) in [5.74, 6) is 0.550. The van der Waals surface area contributed by atoms with E-state index in [2.05, 4.69) is 56.5 Å². The van der Waals surface area contributed by atoms with Crippen molar-refractivity contribution in [1.29, 1.82) is 0 Å². The quantitative estimate of drug-likeness (QED) is 0.827. The van der Waals surface area contributed by atoms with Crippen molar-refractivity contribution in [2.75, 3.05) is 6.54 Å². The summed E-state index contributed by atoms with van der Waals surface area (Å²) in [6, 6.07) is 6.23. The molecule has 1 atom stereocenters. The number of amides is 1. The van der Waals surface area contributed by atoms with E-state index in [-0.39, 0.29) is 11.9 Å². The number of carbonyl (C=O) groups is 1. The summed E-state index contributed by atoms with van der Waals surface area (Å²) in [6.45, 7) is 11.7. The van der Waals surface area contributed by atoms with Gasteiger partial charge >= 0.3 is 0 Å². The van der Waals surface area contributed by atoms with Gasteiger partial charge in [-0.15, -0.1) is 0 Å². The number of rotatable bonds is 6. The van der Waals surface area contributed by atoms with E-state index in [1.54, 1.807) is 0 Å². The van der Waals surface area contributed by atoms with Crippen LogP contribution in [0.25, 0.3) is 0 Å². The second-order valence-electron chi connectivity index (χ2n) is 5.67. The van der Waals surface area contributed by atoms with Gasteiger partial charge in [-0.25, -0.2) is 0 Å². The Kier molecular flexibility index (Phi) is 6.03. The maximum Gasteiger partial charge on any atom is 0.236 e. The first kappa shape index (κ1) is 15.7. The number of hydrogen-bond acceptors (Lipinski definition) is 2. The highest BCUT2D eigenvalue weighted by molar-refractivity contribution is 5.81. The van der Waals surface area contributed by atoms with E-state index >= 15 is 0 Å². The Morgan fingerprint density at radius 3 is 2.47 bits per heavy atom. The molecule has 19 heavy (non-hydrogen) atoms. The summed E-state index contributed by atoms with van der Waals surface area (Å²) in [4.78, 5) is 11.8. The zero-order valence-electron chi connectivity index (χ0n) is 12.7. The SMILES string of the molecule is Cc1ccc(CNC(C)C(=O)NCC(C)C)c(C)c1. The number of hydrogen-bond donors (Lipinski definition) is 2. The molecule has 0 aliphatic carbocycles. The van der Waals surface area contributed by atoms with Crippen LogP contribution in [0.1, 0.15) is 37.5 Å². The van der Waals surface area contributed by atoms with Crippen molar-refractivity contribution in [1.82, 2.24) is 10.6 Å². The second-order valence-corrected chi connectivity index (χ2v) is 5.67. The molecule has 3 nitrogen and oxygen atoms in total. The third kappa shape index (κ3) is 5.43. The number of nitrogens with one attached hydrogen (secondary N) is 2. The van der Waals surface area contributed by atoms with E-state index in [0.29, 0.717) is 5.92 Å². The van der Waals surface area contributed by atoms with E-state index < -0.39 is 0 Å². The summed E-state index contributed by atoms with van der Waals surface area (Å²) >= 11 is 0. The molecular formula is C16H26N2O. The molecule has 0 radical (unpaired) electrons. The Balaban J connectivity index is 2.45. The third-order valence-corrected chi connectivity index (χ3v) is 3.17. The molecule has 0 bridgehead atoms. The summed E-state index contributed by atoms with van der Waals surface area (Å²) in [5, 5.41) is 6.21. The number of aryl methyl sites for hydroxylation is 2. The highest BCUT2D eigenvalue weighted by Gasteiger charge is 2.12. The van der Waals surface area contributed by atoms with Crippen molar-refractivity contribution in [3.8, 4) is 0 Å². The Bertz CT molecular complexity index is 427. The predicted molar refractivity (Wildman–Crippen MR) is 80.1 cm³/mol. The van der Waals surface area contributed by atoms with Gasteiger partial charge in [0.05, 0.1) is 6.04 Å². The van der Waals surface area contributed by atoms with E-state index in [1.807, 2.05) is 6.92 Å². The molecule has 0 spiro atoms. The van der Waals surface area contributed by atoms with Gasteiger partial charge in [-0.1, -0.05) is 37.6 Å². The van der Waals surface area contributed by atoms with Gasteiger partial charge < -0.3 is 10.6 Å². The maximum absolute atomic E-state index is 11.8. The Labute approximate surface area is 116 Å². The molecule has 3 heteroatoms. The maximum atomic E-state index is 11.8. The zero-order valence-corrected chi connectivity index (χ0v) is 12.7. The molecule has 106 valence electrons. The van der Waals surface area contributed by atoms with Crippen LogP contribution in [0.4, 0.5) is 0 Å². The first-order valence-electron chi connectivity index (χ1n) is 6.97. The van der Waals surface area contributed by atoms with Crippen molar-refractivity contribution >= 4 is 5.91 Å². The van der Waals surface area contributed by atoms with Crippen LogP contribution in [-0.2, 0) is 11.3 Å². The van der Waals surface area contributed by atoms with Crippen molar-refractivity contribution in [2.24, 2.45) is 5.92 Å². The minimum Gasteiger partial charge on any atom is -0.354 e. The second kappa shape index (κ2) is 7.29. The highest BCUT2D eigenvalue weighted by Crippen LogP contribution is 2.10. The lowest BCUT2D eigenvalue weighted by molar-refractivity contribution is -0.122. The molecule has 0 saturated heterocycles. The monoisotopic (exact) mass is 262 g/mol. The van der Waals surface area contributed by atoms with Crippen LogP contribution in [-0.4, -0.2) is 18.5 Å². The lowest BCUT2D eigenvalue weighted by atomic mass is 10.1. The lowest BCUT2D eigenvalue weighted by Crippen LogP contribution is -2.43. The third-order valence-electron chi connectivity index (χ3n) is 3.17. The van der Waals surface area contributed by atoms with E-state index in [0.717, 1.165) is 13.1 Å². The molecule has 1 aromatic rings. The highest BCUT2D eigenvalue weighted by atomic mass is 16.2. The van der Waals surface area contributed by atoms with Crippen molar-refractivity contribution in [3.63, 3.8) is 0 Å². The molecule has 0 aliphatic heterocycles. The topological polar surface area (TPSA) is 41.1 Å². The molecule has 0 aromatic heterocycles. The summed E-state index contributed by atoms with van der Waals surface area (Å²) in [7, 11) is 0. The predicted octanol–water partition coefficient (Wildman–Crippen LogP) is 2.55. The minimum atomic E-state index is -0.167. The number of carbonyl (C=O) groups excluding carboxylic acids is 1. The van der Waals surface area contributed by atoms with Gasteiger partial charge in [0.1, 0.15) is 0 Å². The zero-order chi connectivity index (χ0) is 14.4. The van der Waals surface area contributed by atoms with E-state index in [9.17, 15) is 4.79 Å². The lowest BCUT2D eigenvalue weighted by Gasteiger charge is -2.16. The van der Waals surface area contributed by atoms with Gasteiger partial charge in [-0.05, 0) is 37.8 Å². The van der Waals surface area contributed by atoms with Crippen LogP contribution >= 0.6 is 0 Å². The van der Waals surface area contributed by atoms with Gasteiger partial charge in [0.2, 0.25) is 5.91 Å². The van der Waals surface area contributed by atoms with Crippen LogP contribution in [0.2, 0.25) is 0 Å². The first-order valence-corrected chi connectivity index (χ1v) is 6.97. The van der Waals surface area contributed by atoms with Crippen LogP contribution in [0, 0.1) is 19.8 Å². The number of benzene rings is 1. The smallest absolute Gasteiger partial charge is 0.236 e. The van der Waals surface area contributed by atoms with Gasteiger partial charge in [0, 0.05) is 13.1 Å². The summed E-state index contributed by atoms with van der Waals surface area (Å²) in [6.07, 6.45) is 0. The molecule has 0 aliphatic rings. The molecule has 0 saturated carbocycles. The fourth-order valence-corrected chi connectivity index (χ4v) is 1.86. The molecule has 2 N–H and O–H groups in total. The van der Waals surface area contributed by atoms with Gasteiger partial charge in [-0.2, -0.15) is 0 Å². The standard InChI is InChI=1S/C16H26N2O/c1-11(2)9-18-16(19)14(5)17-10-15-7-6-12(3)8-13(15)4/h6-8,11,14,17H,9-10H2,1-5H3,(H,18,19). The first-order chi connectivity index (χ1) is 8.90. The van der Waals surface area contributed by atoms with Crippen molar-refractivity contribution in [3.05, 3.63) is 34.9 Å². The van der Waals surface area contributed by atoms with Gasteiger partial charge in [0.25, 0.3) is 0 Å². The van der Waals surface area contributed by atoms with E-state index in [1.165, 1.54) is 16.7 Å². The van der Waals surface area contributed by atoms with Crippen molar-refractivity contribution in [2.45, 2.75) is 47.2 Å². The minimum absolute atomic E-state index is 0.0680. The molecular weight excluding hydrogens is 236 g/mol. The fourth-order valence-electron chi connectivity index (χ4n) is 1.86. The van der Waals surface area contributed by atoms with E-state index in [4.69, 9.17) is 0 Å². The molecule has 0 fully saturated rings. The van der Waals surface area contributed by atoms with Crippen molar-refractivity contribution < 1.29 is 4.79 Å². The fraction of sp³-hybridized carbons (Fsp3) is 0.562. The Morgan fingerprint density at radius 2 is 1.89 bits per heavy atom. The molecule has 1 unspecified atom stereocenters. The normalized spacial score (nSPS) is 12.5. The summed E-state index contributed by atoms with van der Waals surface area (Å²) in [5.41, 5.74) is 3.78. The van der Waals surface area contributed by atoms with Gasteiger partial charge in [-0.3, -0.25) is 4.79 Å².